The first-order valence-electron chi connectivity index (χ1n) is 7.13. The minimum absolute atomic E-state index is 0.0309. The molecule has 0 saturated heterocycles. The molecular formula is C17H15FO5. The number of hydrogen-bond donors (Lipinski definition) is 1. The summed E-state index contributed by atoms with van der Waals surface area (Å²) in [5.41, 5.74) is 1.46. The summed E-state index contributed by atoms with van der Waals surface area (Å²) in [5.74, 6) is 0.0437. The Morgan fingerprint density at radius 3 is 2.70 bits per heavy atom. The highest BCUT2D eigenvalue weighted by Gasteiger charge is 2.14. The van der Waals surface area contributed by atoms with Crippen LogP contribution in [0.5, 0.6) is 17.2 Å². The lowest BCUT2D eigenvalue weighted by molar-refractivity contribution is -0.136. The molecule has 0 spiro atoms. The zero-order chi connectivity index (χ0) is 16.2. The molecule has 1 aliphatic rings. The van der Waals surface area contributed by atoms with Gasteiger partial charge in [-0.15, -0.1) is 0 Å². The van der Waals surface area contributed by atoms with Crippen LogP contribution < -0.4 is 14.2 Å². The number of carbonyl (C=O) groups is 1. The summed E-state index contributed by atoms with van der Waals surface area (Å²) < 4.78 is 30.0. The molecule has 0 bridgehead atoms. The maximum Gasteiger partial charge on any atom is 0.303 e. The zero-order valence-electron chi connectivity index (χ0n) is 12.3. The number of carboxylic acid groups (broad SMARTS) is 1. The Labute approximate surface area is 132 Å². The topological polar surface area (TPSA) is 65.0 Å². The van der Waals surface area contributed by atoms with Crippen LogP contribution in [0.4, 0.5) is 4.39 Å². The smallest absolute Gasteiger partial charge is 0.303 e. The van der Waals surface area contributed by atoms with E-state index in [9.17, 15) is 9.18 Å². The number of ether oxygens (including phenoxy) is 3. The molecule has 0 amide bonds. The van der Waals surface area contributed by atoms with E-state index in [0.717, 1.165) is 5.56 Å². The van der Waals surface area contributed by atoms with E-state index in [2.05, 4.69) is 0 Å². The van der Waals surface area contributed by atoms with Crippen molar-refractivity contribution < 1.29 is 28.5 Å². The highest BCUT2D eigenvalue weighted by atomic mass is 19.1. The lowest BCUT2D eigenvalue weighted by Crippen LogP contribution is -2.00. The third-order valence-corrected chi connectivity index (χ3v) is 3.46. The quantitative estimate of drug-likeness (QED) is 0.886. The van der Waals surface area contributed by atoms with Gasteiger partial charge < -0.3 is 19.3 Å². The molecule has 0 aliphatic carbocycles. The van der Waals surface area contributed by atoms with Crippen LogP contribution in [0.1, 0.15) is 17.5 Å². The van der Waals surface area contributed by atoms with Gasteiger partial charge in [0.1, 0.15) is 6.61 Å². The van der Waals surface area contributed by atoms with E-state index < -0.39 is 11.8 Å². The Hall–Kier alpha value is -2.76. The fourth-order valence-corrected chi connectivity index (χ4v) is 2.26. The molecule has 0 atom stereocenters. The second-order valence-electron chi connectivity index (χ2n) is 5.13. The fraction of sp³-hybridized carbons (Fsp3) is 0.235. The summed E-state index contributed by atoms with van der Waals surface area (Å²) in [5, 5.41) is 8.64. The standard InChI is InChI=1S/C17H15FO5/c18-13-7-11(3-6-17(19)20)1-4-14(13)21-9-12-2-5-15-16(8-12)23-10-22-15/h1-2,4-5,7-8H,3,6,9-10H2,(H,19,20). The van der Waals surface area contributed by atoms with E-state index in [-0.39, 0.29) is 32.0 Å². The minimum Gasteiger partial charge on any atom is -0.486 e. The van der Waals surface area contributed by atoms with Crippen molar-refractivity contribution in [3.63, 3.8) is 0 Å². The van der Waals surface area contributed by atoms with Crippen LogP contribution in [0, 0.1) is 5.82 Å². The third kappa shape index (κ3) is 3.71. The van der Waals surface area contributed by atoms with E-state index >= 15 is 0 Å². The van der Waals surface area contributed by atoms with Crippen molar-refractivity contribution in [2.24, 2.45) is 0 Å². The molecular weight excluding hydrogens is 303 g/mol. The summed E-state index contributed by atoms with van der Waals surface area (Å²) in [6, 6.07) is 9.89. The van der Waals surface area contributed by atoms with Crippen LogP contribution in [-0.2, 0) is 17.8 Å². The van der Waals surface area contributed by atoms with Gasteiger partial charge in [0.25, 0.3) is 0 Å². The van der Waals surface area contributed by atoms with Gasteiger partial charge in [0.15, 0.2) is 23.1 Å². The Kier molecular flexibility index (Phi) is 4.32. The van der Waals surface area contributed by atoms with Gasteiger partial charge in [-0.1, -0.05) is 12.1 Å². The predicted octanol–water partition coefficient (Wildman–Crippen LogP) is 3.15. The van der Waals surface area contributed by atoms with Gasteiger partial charge in [-0.2, -0.15) is 0 Å². The first-order valence-corrected chi connectivity index (χ1v) is 7.13. The maximum atomic E-state index is 14.0. The molecule has 23 heavy (non-hydrogen) atoms. The second-order valence-corrected chi connectivity index (χ2v) is 5.13. The molecule has 2 aromatic carbocycles. The van der Waals surface area contributed by atoms with Gasteiger partial charge in [0.2, 0.25) is 6.79 Å². The van der Waals surface area contributed by atoms with E-state index in [1.807, 2.05) is 6.07 Å². The Bertz CT molecular complexity index is 729. The van der Waals surface area contributed by atoms with Gasteiger partial charge in [0.05, 0.1) is 0 Å². The van der Waals surface area contributed by atoms with Crippen LogP contribution in [-0.4, -0.2) is 17.9 Å². The minimum atomic E-state index is -0.909. The monoisotopic (exact) mass is 318 g/mol. The molecule has 6 heteroatoms. The maximum absolute atomic E-state index is 14.0. The molecule has 1 aliphatic heterocycles. The first kappa shape index (κ1) is 15.1. The van der Waals surface area contributed by atoms with Crippen LogP contribution >= 0.6 is 0 Å². The molecule has 5 nitrogen and oxygen atoms in total. The van der Waals surface area contributed by atoms with E-state index in [4.69, 9.17) is 19.3 Å². The number of aryl methyl sites for hydroxylation is 1. The predicted molar refractivity (Wildman–Crippen MR) is 79.3 cm³/mol. The number of carboxylic acids is 1. The second kappa shape index (κ2) is 6.56. The average molecular weight is 318 g/mol. The van der Waals surface area contributed by atoms with Crippen molar-refractivity contribution in [3.8, 4) is 17.2 Å². The summed E-state index contributed by atoms with van der Waals surface area (Å²) in [4.78, 5) is 10.5. The summed E-state index contributed by atoms with van der Waals surface area (Å²) in [6.07, 6.45) is 0.255. The highest BCUT2D eigenvalue weighted by Crippen LogP contribution is 2.32. The fourth-order valence-electron chi connectivity index (χ4n) is 2.26. The van der Waals surface area contributed by atoms with E-state index in [1.165, 1.54) is 12.1 Å². The summed E-state index contributed by atoms with van der Waals surface area (Å²) in [7, 11) is 0. The van der Waals surface area contributed by atoms with Gasteiger partial charge in [-0.3, -0.25) is 4.79 Å². The van der Waals surface area contributed by atoms with Gasteiger partial charge in [-0.05, 0) is 41.8 Å². The molecule has 0 saturated carbocycles. The number of fused-ring (bicyclic) bond motifs is 1. The largest absolute Gasteiger partial charge is 0.486 e. The molecule has 1 heterocycles. The van der Waals surface area contributed by atoms with E-state index in [1.54, 1.807) is 18.2 Å². The summed E-state index contributed by atoms with van der Waals surface area (Å²) in [6.45, 7) is 0.397. The van der Waals surface area contributed by atoms with Crippen molar-refractivity contribution in [2.75, 3.05) is 6.79 Å². The van der Waals surface area contributed by atoms with Crippen molar-refractivity contribution >= 4 is 5.97 Å². The average Bonchev–Trinajstić information content (AvgIpc) is 2.99. The number of hydrogen-bond acceptors (Lipinski definition) is 4. The molecule has 0 aromatic heterocycles. The molecule has 0 fully saturated rings. The molecule has 120 valence electrons. The van der Waals surface area contributed by atoms with Crippen LogP contribution in [0.15, 0.2) is 36.4 Å². The first-order chi connectivity index (χ1) is 11.1. The number of rotatable bonds is 6. The van der Waals surface area contributed by atoms with Crippen LogP contribution in [0.25, 0.3) is 0 Å². The molecule has 0 unspecified atom stereocenters. The number of halogens is 1. The van der Waals surface area contributed by atoms with Gasteiger partial charge >= 0.3 is 5.97 Å². The molecule has 2 aromatic rings. The molecule has 3 rings (SSSR count). The lowest BCUT2D eigenvalue weighted by Gasteiger charge is -2.09. The Morgan fingerprint density at radius 2 is 1.91 bits per heavy atom. The van der Waals surface area contributed by atoms with Gasteiger partial charge in [-0.25, -0.2) is 4.39 Å². The number of benzene rings is 2. The Morgan fingerprint density at radius 1 is 1.13 bits per heavy atom. The van der Waals surface area contributed by atoms with Crippen molar-refractivity contribution in [2.45, 2.75) is 19.4 Å². The molecule has 1 N–H and O–H groups in total. The molecule has 0 radical (unpaired) electrons. The van der Waals surface area contributed by atoms with Gasteiger partial charge in [0, 0.05) is 6.42 Å². The Balaban J connectivity index is 1.62. The van der Waals surface area contributed by atoms with E-state index in [0.29, 0.717) is 17.1 Å². The van der Waals surface area contributed by atoms with Crippen LogP contribution in [0.3, 0.4) is 0 Å². The van der Waals surface area contributed by atoms with Crippen molar-refractivity contribution in [1.29, 1.82) is 0 Å². The summed E-state index contributed by atoms with van der Waals surface area (Å²) >= 11 is 0. The lowest BCUT2D eigenvalue weighted by atomic mass is 10.1. The van der Waals surface area contributed by atoms with Crippen molar-refractivity contribution in [1.82, 2.24) is 0 Å². The van der Waals surface area contributed by atoms with Crippen molar-refractivity contribution in [3.05, 3.63) is 53.3 Å². The SMILES string of the molecule is O=C(O)CCc1ccc(OCc2ccc3c(c2)OCO3)c(F)c1. The zero-order valence-corrected chi connectivity index (χ0v) is 12.3. The van der Waals surface area contributed by atoms with Crippen LogP contribution in [0.2, 0.25) is 0 Å². The third-order valence-electron chi connectivity index (χ3n) is 3.46. The normalized spacial score (nSPS) is 12.2. The number of aliphatic carboxylic acids is 1. The highest BCUT2D eigenvalue weighted by molar-refractivity contribution is 5.67.